The fourth-order valence-corrected chi connectivity index (χ4v) is 2.07. The molecule has 0 aliphatic carbocycles. The molecule has 0 N–H and O–H groups in total. The Hall–Kier alpha value is -0.0800. The Kier molecular flexibility index (Phi) is 3.34. The molecular formula is C9H19NO. The zero-order valence-electron chi connectivity index (χ0n) is 7.84. The summed E-state index contributed by atoms with van der Waals surface area (Å²) in [4.78, 5) is 2.53. The summed E-state index contributed by atoms with van der Waals surface area (Å²) in [6.07, 6.45) is 2.64. The van der Waals surface area contributed by atoms with E-state index < -0.39 is 0 Å². The average Bonchev–Trinajstić information content (AvgIpc) is 2.33. The first-order chi connectivity index (χ1) is 5.29. The molecule has 11 heavy (non-hydrogen) atoms. The van der Waals surface area contributed by atoms with E-state index in [1.54, 1.807) is 7.11 Å². The maximum atomic E-state index is 5.16. The van der Waals surface area contributed by atoms with Crippen molar-refractivity contribution < 1.29 is 4.74 Å². The summed E-state index contributed by atoms with van der Waals surface area (Å²) in [5.74, 6) is 0. The van der Waals surface area contributed by atoms with E-state index in [0.29, 0.717) is 6.04 Å². The standard InChI is InChI=1S/C9H19NO/c1-4-10-8(2)5-6-9(10)7-11-3/h8-9H,4-7H2,1-3H3/t8-,9?/m1/s1. The molecule has 0 radical (unpaired) electrons. The number of likely N-dealkylation sites (N-methyl/N-ethyl adjacent to an activating group) is 1. The molecule has 2 atom stereocenters. The highest BCUT2D eigenvalue weighted by Crippen LogP contribution is 2.22. The third kappa shape index (κ3) is 1.94. The van der Waals surface area contributed by atoms with Crippen LogP contribution in [0.25, 0.3) is 0 Å². The molecule has 2 nitrogen and oxygen atoms in total. The van der Waals surface area contributed by atoms with Crippen LogP contribution in [0.15, 0.2) is 0 Å². The van der Waals surface area contributed by atoms with Gasteiger partial charge in [0.1, 0.15) is 0 Å². The molecule has 0 spiro atoms. The van der Waals surface area contributed by atoms with Crippen LogP contribution in [0.5, 0.6) is 0 Å². The van der Waals surface area contributed by atoms with E-state index in [9.17, 15) is 0 Å². The first-order valence-corrected chi connectivity index (χ1v) is 4.54. The van der Waals surface area contributed by atoms with Crippen LogP contribution < -0.4 is 0 Å². The van der Waals surface area contributed by atoms with Crippen LogP contribution >= 0.6 is 0 Å². The summed E-state index contributed by atoms with van der Waals surface area (Å²) in [6, 6.07) is 1.44. The molecule has 1 fully saturated rings. The van der Waals surface area contributed by atoms with Crippen molar-refractivity contribution in [2.24, 2.45) is 0 Å². The van der Waals surface area contributed by atoms with Gasteiger partial charge in [0.05, 0.1) is 6.61 Å². The zero-order chi connectivity index (χ0) is 8.27. The highest BCUT2D eigenvalue weighted by atomic mass is 16.5. The lowest BCUT2D eigenvalue weighted by Gasteiger charge is -2.25. The Morgan fingerprint density at radius 3 is 2.73 bits per heavy atom. The fourth-order valence-electron chi connectivity index (χ4n) is 2.07. The van der Waals surface area contributed by atoms with Gasteiger partial charge in [0.15, 0.2) is 0 Å². The van der Waals surface area contributed by atoms with Crippen LogP contribution in [0.1, 0.15) is 26.7 Å². The maximum Gasteiger partial charge on any atom is 0.0618 e. The van der Waals surface area contributed by atoms with Gasteiger partial charge in [-0.05, 0) is 26.3 Å². The van der Waals surface area contributed by atoms with Gasteiger partial charge in [0.2, 0.25) is 0 Å². The van der Waals surface area contributed by atoms with Crippen molar-refractivity contribution in [2.45, 2.75) is 38.8 Å². The third-order valence-electron chi connectivity index (χ3n) is 2.68. The van der Waals surface area contributed by atoms with Crippen LogP contribution in [0.4, 0.5) is 0 Å². The molecule has 2 heteroatoms. The molecule has 1 saturated heterocycles. The van der Waals surface area contributed by atoms with E-state index in [2.05, 4.69) is 18.7 Å². The van der Waals surface area contributed by atoms with Crippen LogP contribution in [0.2, 0.25) is 0 Å². The Morgan fingerprint density at radius 2 is 2.18 bits per heavy atom. The molecule has 1 unspecified atom stereocenters. The molecule has 66 valence electrons. The Morgan fingerprint density at radius 1 is 1.45 bits per heavy atom. The number of ether oxygens (including phenoxy) is 1. The van der Waals surface area contributed by atoms with Gasteiger partial charge in [-0.25, -0.2) is 0 Å². The number of hydrogen-bond donors (Lipinski definition) is 0. The quantitative estimate of drug-likeness (QED) is 0.615. The van der Waals surface area contributed by atoms with E-state index in [4.69, 9.17) is 4.74 Å². The number of methoxy groups -OCH3 is 1. The molecule has 0 aromatic rings. The lowest BCUT2D eigenvalue weighted by molar-refractivity contribution is 0.104. The SMILES string of the molecule is CCN1C(COC)CC[C@H]1C. The van der Waals surface area contributed by atoms with Crippen molar-refractivity contribution in [1.29, 1.82) is 0 Å². The van der Waals surface area contributed by atoms with Crippen LogP contribution in [-0.2, 0) is 4.74 Å². The fraction of sp³-hybridized carbons (Fsp3) is 1.00. The maximum absolute atomic E-state index is 5.16. The summed E-state index contributed by atoms with van der Waals surface area (Å²) < 4.78 is 5.16. The molecule has 1 aliphatic rings. The van der Waals surface area contributed by atoms with Crippen molar-refractivity contribution in [1.82, 2.24) is 4.90 Å². The monoisotopic (exact) mass is 157 g/mol. The van der Waals surface area contributed by atoms with Crippen molar-refractivity contribution in [3.63, 3.8) is 0 Å². The van der Waals surface area contributed by atoms with Crippen molar-refractivity contribution in [3.8, 4) is 0 Å². The normalized spacial score (nSPS) is 33.0. The minimum Gasteiger partial charge on any atom is -0.383 e. The van der Waals surface area contributed by atoms with Gasteiger partial charge in [-0.3, -0.25) is 4.90 Å². The Labute approximate surface area is 69.5 Å². The van der Waals surface area contributed by atoms with E-state index >= 15 is 0 Å². The van der Waals surface area contributed by atoms with E-state index in [-0.39, 0.29) is 0 Å². The van der Waals surface area contributed by atoms with Crippen molar-refractivity contribution >= 4 is 0 Å². The molecule has 0 bridgehead atoms. The summed E-state index contributed by atoms with van der Waals surface area (Å²) >= 11 is 0. The highest BCUT2D eigenvalue weighted by Gasteiger charge is 2.28. The largest absolute Gasteiger partial charge is 0.383 e. The molecule has 1 aliphatic heterocycles. The number of rotatable bonds is 3. The highest BCUT2D eigenvalue weighted by molar-refractivity contribution is 4.83. The predicted molar refractivity (Wildman–Crippen MR) is 46.7 cm³/mol. The zero-order valence-corrected chi connectivity index (χ0v) is 7.84. The van der Waals surface area contributed by atoms with Gasteiger partial charge in [0.25, 0.3) is 0 Å². The first kappa shape index (κ1) is 9.01. The minimum atomic E-state index is 0.681. The van der Waals surface area contributed by atoms with Crippen LogP contribution in [0, 0.1) is 0 Å². The lowest BCUT2D eigenvalue weighted by atomic mass is 10.2. The summed E-state index contributed by atoms with van der Waals surface area (Å²) in [7, 11) is 1.79. The summed E-state index contributed by atoms with van der Waals surface area (Å²) in [5, 5.41) is 0. The smallest absolute Gasteiger partial charge is 0.0618 e. The van der Waals surface area contributed by atoms with Gasteiger partial charge in [-0.1, -0.05) is 6.92 Å². The molecule has 1 heterocycles. The summed E-state index contributed by atoms with van der Waals surface area (Å²) in [5.41, 5.74) is 0. The number of hydrogen-bond acceptors (Lipinski definition) is 2. The molecule has 0 amide bonds. The second-order valence-electron chi connectivity index (χ2n) is 3.37. The van der Waals surface area contributed by atoms with Crippen LogP contribution in [-0.4, -0.2) is 37.2 Å². The predicted octanol–water partition coefficient (Wildman–Crippen LogP) is 1.51. The number of nitrogens with zero attached hydrogens (tertiary/aromatic N) is 1. The lowest BCUT2D eigenvalue weighted by Crippen LogP contribution is -2.36. The molecule has 1 rings (SSSR count). The van der Waals surface area contributed by atoms with E-state index in [1.165, 1.54) is 12.8 Å². The molecule has 0 aromatic carbocycles. The minimum absolute atomic E-state index is 0.681. The van der Waals surface area contributed by atoms with Gasteiger partial charge >= 0.3 is 0 Å². The Balaban J connectivity index is 2.40. The first-order valence-electron chi connectivity index (χ1n) is 4.54. The molecular weight excluding hydrogens is 138 g/mol. The van der Waals surface area contributed by atoms with Crippen molar-refractivity contribution in [3.05, 3.63) is 0 Å². The molecule has 0 saturated carbocycles. The summed E-state index contributed by atoms with van der Waals surface area (Å²) in [6.45, 7) is 6.59. The van der Waals surface area contributed by atoms with Gasteiger partial charge in [-0.2, -0.15) is 0 Å². The van der Waals surface area contributed by atoms with Gasteiger partial charge < -0.3 is 4.74 Å². The Bertz CT molecular complexity index is 114. The van der Waals surface area contributed by atoms with Gasteiger partial charge in [-0.15, -0.1) is 0 Å². The number of likely N-dealkylation sites (tertiary alicyclic amines) is 1. The van der Waals surface area contributed by atoms with E-state index in [0.717, 1.165) is 19.2 Å². The molecule has 0 aromatic heterocycles. The van der Waals surface area contributed by atoms with Crippen LogP contribution in [0.3, 0.4) is 0 Å². The van der Waals surface area contributed by atoms with Crippen molar-refractivity contribution in [2.75, 3.05) is 20.3 Å². The topological polar surface area (TPSA) is 12.5 Å². The average molecular weight is 157 g/mol. The third-order valence-corrected chi connectivity index (χ3v) is 2.68. The second kappa shape index (κ2) is 4.07. The van der Waals surface area contributed by atoms with E-state index in [1.807, 2.05) is 0 Å². The van der Waals surface area contributed by atoms with Gasteiger partial charge in [0, 0.05) is 19.2 Å². The second-order valence-corrected chi connectivity index (χ2v) is 3.37.